The Morgan fingerprint density at radius 2 is 1.18 bits per heavy atom. The zero-order valence-electron chi connectivity index (χ0n) is 15.6. The number of carbonyl (C=O) groups is 3. The average molecular weight is 370 g/mol. The van der Waals surface area contributed by atoms with Gasteiger partial charge in [0.05, 0.1) is 5.56 Å². The number of cyclic esters (lactones) is 1. The molecule has 3 aromatic carbocycles. The van der Waals surface area contributed by atoms with Gasteiger partial charge in [0.1, 0.15) is 0 Å². The predicted octanol–water partition coefficient (Wildman–Crippen LogP) is 4.55. The summed E-state index contributed by atoms with van der Waals surface area (Å²) in [5.41, 5.74) is 2.78. The number of esters is 1. The number of fused-ring (bicyclic) bond motifs is 1. The third kappa shape index (κ3) is 2.65. The molecule has 4 heteroatoms. The molecule has 4 nitrogen and oxygen atoms in total. The molecule has 4 rings (SSSR count). The first-order valence-corrected chi connectivity index (χ1v) is 8.99. The van der Waals surface area contributed by atoms with Crippen LogP contribution in [0.1, 0.15) is 61.6 Å². The van der Waals surface area contributed by atoms with Crippen molar-refractivity contribution in [3.05, 3.63) is 106 Å². The number of hydrogen-bond donors (Lipinski definition) is 0. The van der Waals surface area contributed by atoms with E-state index in [1.54, 1.807) is 36.4 Å². The standard InChI is InChI=1S/C24H18O4/c1-15(25)17-7-11-19(12-8-17)24(20-13-9-18(10-14-20)16(2)26)22-6-4-3-5-21(22)23(27)28-24/h3-14H,1-2H3. The van der Waals surface area contributed by atoms with Crippen molar-refractivity contribution in [2.24, 2.45) is 0 Å². The zero-order valence-corrected chi connectivity index (χ0v) is 15.6. The molecule has 28 heavy (non-hydrogen) atoms. The topological polar surface area (TPSA) is 60.4 Å². The maximum atomic E-state index is 12.6. The molecular formula is C24H18O4. The molecule has 0 amide bonds. The summed E-state index contributed by atoms with van der Waals surface area (Å²) in [6, 6.07) is 21.5. The molecule has 1 heterocycles. The molecule has 1 aliphatic rings. The molecule has 0 spiro atoms. The molecule has 0 N–H and O–H groups in total. The van der Waals surface area contributed by atoms with Crippen LogP contribution in [0.25, 0.3) is 0 Å². The van der Waals surface area contributed by atoms with E-state index in [-0.39, 0.29) is 11.6 Å². The molecule has 0 saturated carbocycles. The Morgan fingerprint density at radius 1 is 0.714 bits per heavy atom. The van der Waals surface area contributed by atoms with Gasteiger partial charge >= 0.3 is 5.97 Å². The molecule has 1 aliphatic heterocycles. The highest BCUT2D eigenvalue weighted by molar-refractivity contribution is 5.97. The molecule has 0 fully saturated rings. The first-order valence-electron chi connectivity index (χ1n) is 8.99. The van der Waals surface area contributed by atoms with Gasteiger partial charge in [-0.1, -0.05) is 66.7 Å². The Balaban J connectivity index is 1.96. The largest absolute Gasteiger partial charge is 0.441 e. The fraction of sp³-hybridized carbons (Fsp3) is 0.125. The fourth-order valence-electron chi connectivity index (χ4n) is 3.69. The van der Waals surface area contributed by atoms with Crippen molar-refractivity contribution in [2.45, 2.75) is 19.4 Å². The van der Waals surface area contributed by atoms with E-state index in [1.807, 2.05) is 36.4 Å². The lowest BCUT2D eigenvalue weighted by Gasteiger charge is -2.30. The Bertz CT molecular complexity index is 1030. The van der Waals surface area contributed by atoms with Crippen molar-refractivity contribution < 1.29 is 19.1 Å². The Labute approximate surface area is 162 Å². The van der Waals surface area contributed by atoms with Crippen LogP contribution in [0.2, 0.25) is 0 Å². The number of ether oxygens (including phenoxy) is 1. The molecule has 0 atom stereocenters. The van der Waals surface area contributed by atoms with E-state index in [9.17, 15) is 14.4 Å². The van der Waals surface area contributed by atoms with Crippen LogP contribution in [0.5, 0.6) is 0 Å². The van der Waals surface area contributed by atoms with E-state index in [0.29, 0.717) is 16.7 Å². The molecule has 0 unspecified atom stereocenters. The third-order valence-electron chi connectivity index (χ3n) is 5.17. The van der Waals surface area contributed by atoms with Crippen LogP contribution < -0.4 is 0 Å². The van der Waals surface area contributed by atoms with Gasteiger partial charge in [0.2, 0.25) is 0 Å². The van der Waals surface area contributed by atoms with Crippen LogP contribution in [0.15, 0.2) is 72.8 Å². The van der Waals surface area contributed by atoms with Crippen molar-refractivity contribution in [1.29, 1.82) is 0 Å². The zero-order chi connectivity index (χ0) is 19.9. The van der Waals surface area contributed by atoms with E-state index in [4.69, 9.17) is 4.74 Å². The van der Waals surface area contributed by atoms with Gasteiger partial charge in [-0.25, -0.2) is 4.79 Å². The number of ketones is 2. The van der Waals surface area contributed by atoms with E-state index in [0.717, 1.165) is 16.7 Å². The minimum Gasteiger partial charge on any atom is -0.441 e. The van der Waals surface area contributed by atoms with Crippen molar-refractivity contribution in [3.63, 3.8) is 0 Å². The first kappa shape index (κ1) is 17.9. The Kier molecular flexibility index (Phi) is 4.19. The second-order valence-corrected chi connectivity index (χ2v) is 6.88. The van der Waals surface area contributed by atoms with Crippen molar-refractivity contribution in [1.82, 2.24) is 0 Å². The van der Waals surface area contributed by atoms with Gasteiger partial charge in [0.15, 0.2) is 17.2 Å². The van der Waals surface area contributed by atoms with Gasteiger partial charge in [0.25, 0.3) is 0 Å². The van der Waals surface area contributed by atoms with E-state index in [1.165, 1.54) is 13.8 Å². The van der Waals surface area contributed by atoms with Crippen LogP contribution >= 0.6 is 0 Å². The van der Waals surface area contributed by atoms with Crippen molar-refractivity contribution >= 4 is 17.5 Å². The second kappa shape index (κ2) is 6.57. The number of carbonyl (C=O) groups excluding carboxylic acids is 3. The molecule has 138 valence electrons. The van der Waals surface area contributed by atoms with Gasteiger partial charge in [-0.05, 0) is 19.9 Å². The van der Waals surface area contributed by atoms with Gasteiger partial charge in [0, 0.05) is 27.8 Å². The summed E-state index contributed by atoms with van der Waals surface area (Å²) in [6.07, 6.45) is 0. The number of benzene rings is 3. The molecular weight excluding hydrogens is 352 g/mol. The molecule has 0 bridgehead atoms. The number of Topliss-reactive ketones (excluding diaryl/α,β-unsaturated/α-hetero) is 2. The van der Waals surface area contributed by atoms with E-state index < -0.39 is 11.6 Å². The third-order valence-corrected chi connectivity index (χ3v) is 5.17. The normalized spacial score (nSPS) is 14.3. The van der Waals surface area contributed by atoms with Crippen molar-refractivity contribution in [2.75, 3.05) is 0 Å². The summed E-state index contributed by atoms with van der Waals surface area (Å²) in [4.78, 5) is 36.0. The highest BCUT2D eigenvalue weighted by atomic mass is 16.6. The molecule has 3 aromatic rings. The SMILES string of the molecule is CC(=O)c1ccc(C2(c3ccc(C(C)=O)cc3)OC(=O)c3ccccc32)cc1. The predicted molar refractivity (Wildman–Crippen MR) is 105 cm³/mol. The molecule has 0 aliphatic carbocycles. The summed E-state index contributed by atoms with van der Waals surface area (Å²) in [5.74, 6) is -0.465. The minimum atomic E-state index is -1.13. The number of rotatable bonds is 4. The van der Waals surface area contributed by atoms with Gasteiger partial charge in [-0.15, -0.1) is 0 Å². The Hall–Kier alpha value is -3.53. The maximum absolute atomic E-state index is 12.6. The van der Waals surface area contributed by atoms with E-state index >= 15 is 0 Å². The Morgan fingerprint density at radius 3 is 1.64 bits per heavy atom. The lowest BCUT2D eigenvalue weighted by atomic mass is 9.79. The first-order chi connectivity index (χ1) is 13.4. The average Bonchev–Trinajstić information content (AvgIpc) is 3.02. The van der Waals surface area contributed by atoms with Crippen LogP contribution in [0.3, 0.4) is 0 Å². The smallest absolute Gasteiger partial charge is 0.340 e. The van der Waals surface area contributed by atoms with Gasteiger partial charge < -0.3 is 4.74 Å². The van der Waals surface area contributed by atoms with Crippen LogP contribution in [-0.4, -0.2) is 17.5 Å². The van der Waals surface area contributed by atoms with Crippen LogP contribution in [0.4, 0.5) is 0 Å². The second-order valence-electron chi connectivity index (χ2n) is 6.88. The molecule has 0 radical (unpaired) electrons. The lowest BCUT2D eigenvalue weighted by molar-refractivity contribution is 0.0251. The fourth-order valence-corrected chi connectivity index (χ4v) is 3.69. The highest BCUT2D eigenvalue weighted by Gasteiger charge is 2.48. The van der Waals surface area contributed by atoms with Gasteiger partial charge in [-0.2, -0.15) is 0 Å². The van der Waals surface area contributed by atoms with Crippen molar-refractivity contribution in [3.8, 4) is 0 Å². The summed E-state index contributed by atoms with van der Waals surface area (Å²) < 4.78 is 5.98. The number of hydrogen-bond acceptors (Lipinski definition) is 4. The van der Waals surface area contributed by atoms with Crippen LogP contribution in [0, 0.1) is 0 Å². The monoisotopic (exact) mass is 370 g/mol. The highest BCUT2D eigenvalue weighted by Crippen LogP contribution is 2.46. The van der Waals surface area contributed by atoms with Gasteiger partial charge in [-0.3, -0.25) is 9.59 Å². The molecule has 0 saturated heterocycles. The molecule has 0 aromatic heterocycles. The maximum Gasteiger partial charge on any atom is 0.340 e. The summed E-state index contributed by atoms with van der Waals surface area (Å²) in [5, 5.41) is 0. The minimum absolute atomic E-state index is 0.0322. The summed E-state index contributed by atoms with van der Waals surface area (Å²) in [7, 11) is 0. The van der Waals surface area contributed by atoms with Crippen LogP contribution in [-0.2, 0) is 10.3 Å². The summed E-state index contributed by atoms with van der Waals surface area (Å²) >= 11 is 0. The van der Waals surface area contributed by atoms with E-state index in [2.05, 4.69) is 0 Å². The lowest BCUT2D eigenvalue weighted by Crippen LogP contribution is -2.29. The quantitative estimate of drug-likeness (QED) is 0.499. The summed E-state index contributed by atoms with van der Waals surface area (Å²) in [6.45, 7) is 3.02.